The summed E-state index contributed by atoms with van der Waals surface area (Å²) in [5, 5.41) is 0. The molecule has 1 aromatic carbocycles. The molecule has 1 atom stereocenters. The largest absolute Gasteiger partial charge is 0.383 e. The molecule has 0 fully saturated rings. The third-order valence-corrected chi connectivity index (χ3v) is 3.97. The van der Waals surface area contributed by atoms with E-state index in [2.05, 4.69) is 25.7 Å². The Hall–Kier alpha value is -1.19. The lowest BCUT2D eigenvalue weighted by Crippen LogP contribution is -2.39. The van der Waals surface area contributed by atoms with Crippen molar-refractivity contribution in [2.24, 2.45) is 0 Å². The molecule has 0 heterocycles. The number of benzene rings is 1. The fourth-order valence-electron chi connectivity index (χ4n) is 2.11. The number of carbonyl (C=O) groups is 1. The van der Waals surface area contributed by atoms with Gasteiger partial charge in [-0.25, -0.2) is 0 Å². The fraction of sp³-hybridized carbons (Fsp3) is 0.588. The molecule has 1 rings (SSSR count). The number of ketones is 1. The molecular formula is C17H27NO2. The molecule has 0 spiro atoms. The van der Waals surface area contributed by atoms with Crippen molar-refractivity contribution in [1.29, 1.82) is 0 Å². The van der Waals surface area contributed by atoms with E-state index in [1.54, 1.807) is 7.11 Å². The fourth-order valence-corrected chi connectivity index (χ4v) is 2.11. The molecule has 3 nitrogen and oxygen atoms in total. The molecular weight excluding hydrogens is 250 g/mol. The van der Waals surface area contributed by atoms with Crippen LogP contribution in [0.3, 0.4) is 0 Å². The number of aryl methyl sites for hydroxylation is 2. The van der Waals surface area contributed by atoms with Gasteiger partial charge in [-0.2, -0.15) is 0 Å². The van der Waals surface area contributed by atoms with Crippen LogP contribution in [0.5, 0.6) is 0 Å². The lowest BCUT2D eigenvalue weighted by Gasteiger charge is -2.27. The highest BCUT2D eigenvalue weighted by Gasteiger charge is 2.17. The van der Waals surface area contributed by atoms with Gasteiger partial charge in [0.2, 0.25) is 0 Å². The van der Waals surface area contributed by atoms with Crippen molar-refractivity contribution in [3.8, 4) is 0 Å². The molecule has 0 aromatic heterocycles. The summed E-state index contributed by atoms with van der Waals surface area (Å²) in [5.74, 6) is 0.185. The first-order chi connectivity index (χ1) is 9.49. The van der Waals surface area contributed by atoms with Crippen molar-refractivity contribution in [1.82, 2.24) is 4.90 Å². The molecule has 112 valence electrons. The normalized spacial score (nSPS) is 12.7. The number of methoxy groups -OCH3 is 1. The number of carbonyl (C=O) groups excluding carboxylic acids is 1. The van der Waals surface area contributed by atoms with Crippen LogP contribution in [0.1, 0.15) is 41.8 Å². The second-order valence-electron chi connectivity index (χ2n) is 5.44. The summed E-state index contributed by atoms with van der Waals surface area (Å²) in [6, 6.07) is 6.32. The quantitative estimate of drug-likeness (QED) is 0.683. The zero-order chi connectivity index (χ0) is 15.1. The summed E-state index contributed by atoms with van der Waals surface area (Å²) in [5.41, 5.74) is 3.20. The molecule has 0 saturated carbocycles. The summed E-state index contributed by atoms with van der Waals surface area (Å²) in [4.78, 5) is 14.6. The average molecular weight is 277 g/mol. The van der Waals surface area contributed by atoms with Gasteiger partial charge in [0, 0.05) is 25.3 Å². The maximum absolute atomic E-state index is 12.4. The Labute approximate surface area is 122 Å². The second-order valence-corrected chi connectivity index (χ2v) is 5.44. The van der Waals surface area contributed by atoms with Gasteiger partial charge in [-0.3, -0.25) is 9.69 Å². The monoisotopic (exact) mass is 277 g/mol. The summed E-state index contributed by atoms with van der Waals surface area (Å²) in [7, 11) is 1.69. The molecule has 20 heavy (non-hydrogen) atoms. The Morgan fingerprint density at radius 2 is 2.00 bits per heavy atom. The molecule has 0 aliphatic rings. The van der Waals surface area contributed by atoms with E-state index in [4.69, 9.17) is 4.74 Å². The van der Waals surface area contributed by atoms with Crippen molar-refractivity contribution in [2.75, 3.05) is 26.8 Å². The molecule has 0 amide bonds. The number of hydrogen-bond donors (Lipinski definition) is 0. The SMILES string of the molecule is CCC(C)N(CCOC)CC(=O)c1ccc(C)c(C)c1. The topological polar surface area (TPSA) is 29.5 Å². The predicted molar refractivity (Wildman–Crippen MR) is 83.4 cm³/mol. The van der Waals surface area contributed by atoms with Gasteiger partial charge in [-0.1, -0.05) is 19.1 Å². The van der Waals surface area contributed by atoms with E-state index < -0.39 is 0 Å². The van der Waals surface area contributed by atoms with Crippen LogP contribution in [-0.4, -0.2) is 43.5 Å². The van der Waals surface area contributed by atoms with Crippen molar-refractivity contribution in [3.05, 3.63) is 34.9 Å². The summed E-state index contributed by atoms with van der Waals surface area (Å²) in [6.45, 7) is 10.3. The molecule has 0 radical (unpaired) electrons. The Kier molecular flexibility index (Phi) is 6.89. The van der Waals surface area contributed by atoms with Crippen LogP contribution in [0.4, 0.5) is 0 Å². The third-order valence-electron chi connectivity index (χ3n) is 3.97. The van der Waals surface area contributed by atoms with Crippen LogP contribution in [0, 0.1) is 13.8 Å². The number of ether oxygens (including phenoxy) is 1. The Morgan fingerprint density at radius 1 is 1.30 bits per heavy atom. The number of Topliss-reactive ketones (excluding diaryl/α,β-unsaturated/α-hetero) is 1. The van der Waals surface area contributed by atoms with Crippen molar-refractivity contribution in [3.63, 3.8) is 0 Å². The Morgan fingerprint density at radius 3 is 2.55 bits per heavy atom. The van der Waals surface area contributed by atoms with E-state index in [1.165, 1.54) is 11.1 Å². The van der Waals surface area contributed by atoms with Gasteiger partial charge in [0.1, 0.15) is 0 Å². The smallest absolute Gasteiger partial charge is 0.176 e. The molecule has 1 unspecified atom stereocenters. The first-order valence-corrected chi connectivity index (χ1v) is 7.33. The molecule has 0 saturated heterocycles. The van der Waals surface area contributed by atoms with Gasteiger partial charge < -0.3 is 4.74 Å². The third kappa shape index (κ3) is 4.73. The van der Waals surface area contributed by atoms with Crippen LogP contribution < -0.4 is 0 Å². The molecule has 0 N–H and O–H groups in total. The van der Waals surface area contributed by atoms with Gasteiger partial charge in [0.15, 0.2) is 5.78 Å². The van der Waals surface area contributed by atoms with Gasteiger partial charge in [-0.05, 0) is 44.4 Å². The zero-order valence-corrected chi connectivity index (χ0v) is 13.4. The molecule has 0 aliphatic heterocycles. The average Bonchev–Trinajstić information content (AvgIpc) is 2.45. The van der Waals surface area contributed by atoms with E-state index in [-0.39, 0.29) is 5.78 Å². The van der Waals surface area contributed by atoms with Crippen LogP contribution >= 0.6 is 0 Å². The van der Waals surface area contributed by atoms with Gasteiger partial charge >= 0.3 is 0 Å². The summed E-state index contributed by atoms with van der Waals surface area (Å²) < 4.78 is 5.14. The summed E-state index contributed by atoms with van der Waals surface area (Å²) in [6.07, 6.45) is 1.03. The number of nitrogens with zero attached hydrogens (tertiary/aromatic N) is 1. The van der Waals surface area contributed by atoms with Crippen LogP contribution in [0.15, 0.2) is 18.2 Å². The molecule has 0 bridgehead atoms. The van der Waals surface area contributed by atoms with Crippen molar-refractivity contribution < 1.29 is 9.53 Å². The standard InChI is InChI=1S/C17H27NO2/c1-6-15(4)18(9-10-20-5)12-17(19)16-8-7-13(2)14(3)11-16/h7-8,11,15H,6,9-10,12H2,1-5H3. The number of hydrogen-bond acceptors (Lipinski definition) is 3. The Balaban J connectivity index is 2.76. The van der Waals surface area contributed by atoms with Crippen LogP contribution in [0.25, 0.3) is 0 Å². The second kappa shape index (κ2) is 8.18. The molecule has 0 aliphatic carbocycles. The van der Waals surface area contributed by atoms with Crippen molar-refractivity contribution >= 4 is 5.78 Å². The lowest BCUT2D eigenvalue weighted by atomic mass is 10.0. The van der Waals surface area contributed by atoms with E-state index in [0.29, 0.717) is 19.2 Å². The maximum atomic E-state index is 12.4. The lowest BCUT2D eigenvalue weighted by molar-refractivity contribution is 0.0834. The predicted octanol–water partition coefficient (Wildman–Crippen LogP) is 3.23. The summed E-state index contributed by atoms with van der Waals surface area (Å²) >= 11 is 0. The van der Waals surface area contributed by atoms with Crippen LogP contribution in [-0.2, 0) is 4.74 Å². The first kappa shape index (κ1) is 16.9. The zero-order valence-electron chi connectivity index (χ0n) is 13.4. The van der Waals surface area contributed by atoms with E-state index in [0.717, 1.165) is 18.5 Å². The highest BCUT2D eigenvalue weighted by Crippen LogP contribution is 2.12. The van der Waals surface area contributed by atoms with Crippen molar-refractivity contribution in [2.45, 2.75) is 40.2 Å². The molecule has 1 aromatic rings. The van der Waals surface area contributed by atoms with Gasteiger partial charge in [-0.15, -0.1) is 0 Å². The highest BCUT2D eigenvalue weighted by molar-refractivity contribution is 5.97. The minimum Gasteiger partial charge on any atom is -0.383 e. The number of rotatable bonds is 8. The Bertz CT molecular complexity index is 443. The molecule has 3 heteroatoms. The maximum Gasteiger partial charge on any atom is 0.176 e. The van der Waals surface area contributed by atoms with Gasteiger partial charge in [0.25, 0.3) is 0 Å². The minimum atomic E-state index is 0.185. The van der Waals surface area contributed by atoms with E-state index in [9.17, 15) is 4.79 Å². The van der Waals surface area contributed by atoms with E-state index in [1.807, 2.05) is 25.1 Å². The van der Waals surface area contributed by atoms with Gasteiger partial charge in [0.05, 0.1) is 13.2 Å². The minimum absolute atomic E-state index is 0.185. The van der Waals surface area contributed by atoms with Crippen LogP contribution in [0.2, 0.25) is 0 Å². The van der Waals surface area contributed by atoms with E-state index >= 15 is 0 Å². The first-order valence-electron chi connectivity index (χ1n) is 7.33. The highest BCUT2D eigenvalue weighted by atomic mass is 16.5.